The van der Waals surface area contributed by atoms with Crippen molar-refractivity contribution in [2.75, 3.05) is 40.3 Å². The summed E-state index contributed by atoms with van der Waals surface area (Å²) in [4.78, 5) is 27.5. The number of carbonyl (C=O) groups excluding carboxylic acids is 2. The molecule has 1 saturated heterocycles. The number of halogens is 1. The van der Waals surface area contributed by atoms with Crippen LogP contribution in [-0.4, -0.2) is 68.1 Å². The third-order valence-corrected chi connectivity index (χ3v) is 4.70. The van der Waals surface area contributed by atoms with Crippen molar-refractivity contribution in [3.05, 3.63) is 28.2 Å². The van der Waals surface area contributed by atoms with Gasteiger partial charge in [0.1, 0.15) is 5.75 Å². The highest BCUT2D eigenvalue weighted by molar-refractivity contribution is 9.10. The predicted octanol–water partition coefficient (Wildman–Crippen LogP) is 1.42. The minimum Gasteiger partial charge on any atom is -0.481 e. The molecular weight excluding hydrogens is 388 g/mol. The quantitative estimate of drug-likeness (QED) is 0.766. The number of benzene rings is 1. The predicted molar refractivity (Wildman–Crippen MR) is 99.6 cm³/mol. The summed E-state index contributed by atoms with van der Waals surface area (Å²) < 4.78 is 6.80. The molecule has 3 amide bonds. The van der Waals surface area contributed by atoms with Crippen molar-refractivity contribution >= 4 is 27.9 Å². The summed E-state index contributed by atoms with van der Waals surface area (Å²) in [5.41, 5.74) is 1.01. The molecule has 1 aliphatic rings. The van der Waals surface area contributed by atoms with Crippen LogP contribution in [0.5, 0.6) is 5.75 Å². The second kappa shape index (κ2) is 9.05. The van der Waals surface area contributed by atoms with Crippen molar-refractivity contribution in [2.45, 2.75) is 19.6 Å². The number of carbonyl (C=O) groups is 2. The van der Waals surface area contributed by atoms with Gasteiger partial charge in [-0.05, 0) is 25.1 Å². The maximum absolute atomic E-state index is 11.7. The molecule has 25 heavy (non-hydrogen) atoms. The molecule has 138 valence electrons. The fourth-order valence-corrected chi connectivity index (χ4v) is 3.15. The fraction of sp³-hybridized carbons (Fsp3) is 0.529. The standard InChI is InChI=1S/C17H25BrN4O3/c1-12(16(23)19-2)25-15-5-4-14(18)10-13(15)11-21-6-8-22(9-7-21)17(24)20-3/h4-5,10,12H,6-9,11H2,1-3H3,(H,19,23)(H,20,24). The molecule has 1 aliphatic heterocycles. The van der Waals surface area contributed by atoms with Gasteiger partial charge >= 0.3 is 6.03 Å². The van der Waals surface area contributed by atoms with Gasteiger partial charge in [0.25, 0.3) is 5.91 Å². The van der Waals surface area contributed by atoms with Crippen molar-refractivity contribution in [3.63, 3.8) is 0 Å². The van der Waals surface area contributed by atoms with Gasteiger partial charge in [-0.15, -0.1) is 0 Å². The van der Waals surface area contributed by atoms with E-state index in [0.717, 1.165) is 23.1 Å². The molecule has 7 nitrogen and oxygen atoms in total. The first-order valence-corrected chi connectivity index (χ1v) is 9.09. The Kier molecular flexibility index (Phi) is 7.07. The molecule has 0 bridgehead atoms. The van der Waals surface area contributed by atoms with E-state index in [-0.39, 0.29) is 11.9 Å². The van der Waals surface area contributed by atoms with Gasteiger partial charge in [0, 0.05) is 56.9 Å². The van der Waals surface area contributed by atoms with E-state index in [0.29, 0.717) is 25.4 Å². The van der Waals surface area contributed by atoms with Crippen LogP contribution in [0.4, 0.5) is 4.79 Å². The summed E-state index contributed by atoms with van der Waals surface area (Å²) in [6.45, 7) is 5.41. The average Bonchev–Trinajstić information content (AvgIpc) is 2.63. The van der Waals surface area contributed by atoms with Crippen molar-refractivity contribution in [1.82, 2.24) is 20.4 Å². The summed E-state index contributed by atoms with van der Waals surface area (Å²) in [6.07, 6.45) is -0.560. The lowest BCUT2D eigenvalue weighted by Gasteiger charge is -2.34. The molecule has 0 spiro atoms. The number of nitrogens with zero attached hydrogens (tertiary/aromatic N) is 2. The van der Waals surface area contributed by atoms with Gasteiger partial charge in [-0.2, -0.15) is 0 Å². The van der Waals surface area contributed by atoms with Crippen molar-refractivity contribution < 1.29 is 14.3 Å². The van der Waals surface area contributed by atoms with Gasteiger partial charge in [0.2, 0.25) is 0 Å². The molecule has 2 rings (SSSR count). The smallest absolute Gasteiger partial charge is 0.317 e. The van der Waals surface area contributed by atoms with E-state index in [2.05, 4.69) is 31.5 Å². The van der Waals surface area contributed by atoms with Crippen molar-refractivity contribution in [1.29, 1.82) is 0 Å². The molecule has 1 fully saturated rings. The van der Waals surface area contributed by atoms with E-state index >= 15 is 0 Å². The van der Waals surface area contributed by atoms with Gasteiger partial charge in [-0.25, -0.2) is 4.79 Å². The molecule has 1 unspecified atom stereocenters. The number of amides is 3. The Morgan fingerprint density at radius 2 is 1.88 bits per heavy atom. The molecule has 8 heteroatoms. The van der Waals surface area contributed by atoms with Gasteiger partial charge < -0.3 is 20.3 Å². The largest absolute Gasteiger partial charge is 0.481 e. The molecule has 1 aromatic rings. The molecule has 0 saturated carbocycles. The topological polar surface area (TPSA) is 73.9 Å². The van der Waals surface area contributed by atoms with E-state index < -0.39 is 6.10 Å². The van der Waals surface area contributed by atoms with Crippen LogP contribution in [0.3, 0.4) is 0 Å². The van der Waals surface area contributed by atoms with Crippen LogP contribution in [-0.2, 0) is 11.3 Å². The number of nitrogens with one attached hydrogen (secondary N) is 2. The van der Waals surface area contributed by atoms with Crippen LogP contribution in [0.2, 0.25) is 0 Å². The summed E-state index contributed by atoms with van der Waals surface area (Å²) in [5.74, 6) is 0.543. The summed E-state index contributed by atoms with van der Waals surface area (Å²) >= 11 is 3.49. The van der Waals surface area contributed by atoms with Gasteiger partial charge in [0.05, 0.1) is 0 Å². The third-order valence-electron chi connectivity index (χ3n) is 4.21. The number of hydrogen-bond donors (Lipinski definition) is 2. The molecule has 1 heterocycles. The van der Waals surface area contributed by atoms with E-state index in [4.69, 9.17) is 4.74 Å². The Morgan fingerprint density at radius 1 is 1.20 bits per heavy atom. The first kappa shape index (κ1) is 19.5. The summed E-state index contributed by atoms with van der Waals surface area (Å²) in [7, 11) is 3.24. The minimum atomic E-state index is -0.560. The number of urea groups is 1. The molecule has 2 N–H and O–H groups in total. The number of ether oxygens (including phenoxy) is 1. The Balaban J connectivity index is 2.03. The number of piperazine rings is 1. The Morgan fingerprint density at radius 3 is 2.48 bits per heavy atom. The summed E-state index contributed by atoms with van der Waals surface area (Å²) in [5, 5.41) is 5.25. The third kappa shape index (κ3) is 5.34. The van der Waals surface area contributed by atoms with Crippen LogP contribution in [0.25, 0.3) is 0 Å². The van der Waals surface area contributed by atoms with Crippen LogP contribution in [0.1, 0.15) is 12.5 Å². The lowest BCUT2D eigenvalue weighted by molar-refractivity contribution is -0.126. The number of rotatable bonds is 5. The van der Waals surface area contributed by atoms with Crippen molar-refractivity contribution in [3.8, 4) is 5.75 Å². The van der Waals surface area contributed by atoms with Gasteiger partial charge in [-0.1, -0.05) is 15.9 Å². The number of hydrogen-bond acceptors (Lipinski definition) is 4. The zero-order valence-corrected chi connectivity index (χ0v) is 16.4. The highest BCUT2D eigenvalue weighted by atomic mass is 79.9. The lowest BCUT2D eigenvalue weighted by atomic mass is 10.1. The Bertz CT molecular complexity index is 618. The van der Waals surface area contributed by atoms with E-state index in [9.17, 15) is 9.59 Å². The Hall–Kier alpha value is -1.80. The van der Waals surface area contributed by atoms with Crippen LogP contribution >= 0.6 is 15.9 Å². The molecular formula is C17H25BrN4O3. The zero-order chi connectivity index (χ0) is 18.4. The van der Waals surface area contributed by atoms with E-state index in [1.54, 1.807) is 21.0 Å². The SMILES string of the molecule is CNC(=O)C(C)Oc1ccc(Br)cc1CN1CCN(C(=O)NC)CC1. The molecule has 0 aliphatic carbocycles. The van der Waals surface area contributed by atoms with E-state index in [1.165, 1.54) is 0 Å². The van der Waals surface area contributed by atoms with E-state index in [1.807, 2.05) is 23.1 Å². The molecule has 1 aromatic carbocycles. The zero-order valence-electron chi connectivity index (χ0n) is 14.8. The average molecular weight is 413 g/mol. The number of likely N-dealkylation sites (N-methyl/N-ethyl adjacent to an activating group) is 1. The van der Waals surface area contributed by atoms with Crippen molar-refractivity contribution in [2.24, 2.45) is 0 Å². The molecule has 0 aromatic heterocycles. The maximum Gasteiger partial charge on any atom is 0.317 e. The monoisotopic (exact) mass is 412 g/mol. The normalized spacial score (nSPS) is 16.2. The Labute approximate surface area is 156 Å². The highest BCUT2D eigenvalue weighted by Crippen LogP contribution is 2.26. The van der Waals surface area contributed by atoms with Gasteiger partial charge in [0.15, 0.2) is 6.10 Å². The van der Waals surface area contributed by atoms with Crippen LogP contribution in [0, 0.1) is 0 Å². The maximum atomic E-state index is 11.7. The van der Waals surface area contributed by atoms with Crippen LogP contribution < -0.4 is 15.4 Å². The summed E-state index contributed by atoms with van der Waals surface area (Å²) in [6, 6.07) is 5.75. The fourth-order valence-electron chi connectivity index (χ4n) is 2.74. The molecule has 1 atom stereocenters. The first-order chi connectivity index (χ1) is 11.9. The van der Waals surface area contributed by atoms with Crippen LogP contribution in [0.15, 0.2) is 22.7 Å². The van der Waals surface area contributed by atoms with Gasteiger partial charge in [-0.3, -0.25) is 9.69 Å². The second-order valence-corrected chi connectivity index (χ2v) is 6.86. The molecule has 0 radical (unpaired) electrons. The minimum absolute atomic E-state index is 0.0365. The second-order valence-electron chi connectivity index (χ2n) is 5.94. The first-order valence-electron chi connectivity index (χ1n) is 8.30. The lowest BCUT2D eigenvalue weighted by Crippen LogP contribution is -2.50. The highest BCUT2D eigenvalue weighted by Gasteiger charge is 2.22.